The van der Waals surface area contributed by atoms with Gasteiger partial charge >= 0.3 is 6.09 Å². The molecule has 5 heterocycles. The molecule has 0 unspecified atom stereocenters. The van der Waals surface area contributed by atoms with Crippen molar-refractivity contribution in [3.63, 3.8) is 0 Å². The van der Waals surface area contributed by atoms with E-state index in [1.165, 1.54) is 11.0 Å². The minimum Gasteiger partial charge on any atom is -0.489 e. The SMILES string of the molecule is O=C1O[C@@H](Cn2ccnn2)[C@@H]2COc3cc(N4CC5(COC5)C4)c(F)cc3N12. The number of halogens is 1. The van der Waals surface area contributed by atoms with E-state index in [9.17, 15) is 9.18 Å². The molecule has 3 saturated heterocycles. The molecule has 0 radical (unpaired) electrons. The van der Waals surface area contributed by atoms with Gasteiger partial charge in [0.2, 0.25) is 0 Å². The average molecular weight is 387 g/mol. The van der Waals surface area contributed by atoms with Crippen molar-refractivity contribution in [2.75, 3.05) is 42.7 Å². The number of nitrogens with zero attached hydrogens (tertiary/aromatic N) is 5. The molecule has 4 aliphatic rings. The zero-order valence-corrected chi connectivity index (χ0v) is 15.0. The molecule has 9 nitrogen and oxygen atoms in total. The van der Waals surface area contributed by atoms with Crippen LogP contribution in [0.1, 0.15) is 0 Å². The predicted molar refractivity (Wildman–Crippen MR) is 93.9 cm³/mol. The quantitative estimate of drug-likeness (QED) is 0.778. The van der Waals surface area contributed by atoms with Crippen LogP contribution in [-0.2, 0) is 16.0 Å². The second-order valence-electron chi connectivity index (χ2n) is 7.92. The molecule has 1 aromatic heterocycles. The van der Waals surface area contributed by atoms with Gasteiger partial charge in [0.1, 0.15) is 30.3 Å². The smallest absolute Gasteiger partial charge is 0.415 e. The van der Waals surface area contributed by atoms with Crippen molar-refractivity contribution in [3.8, 4) is 5.75 Å². The van der Waals surface area contributed by atoms with Crippen LogP contribution in [-0.4, -0.2) is 66.1 Å². The summed E-state index contributed by atoms with van der Waals surface area (Å²) in [4.78, 5) is 16.0. The Bertz CT molecular complexity index is 940. The lowest BCUT2D eigenvalue weighted by Gasteiger charge is -2.56. The van der Waals surface area contributed by atoms with Gasteiger partial charge in [-0.05, 0) is 0 Å². The number of anilines is 2. The molecule has 0 aliphatic carbocycles. The van der Waals surface area contributed by atoms with E-state index in [0.717, 1.165) is 26.3 Å². The molecule has 1 spiro atoms. The van der Waals surface area contributed by atoms with Gasteiger partial charge in [0.25, 0.3) is 0 Å². The summed E-state index contributed by atoms with van der Waals surface area (Å²) in [7, 11) is 0. The third-order valence-electron chi connectivity index (χ3n) is 5.96. The van der Waals surface area contributed by atoms with Gasteiger partial charge in [-0.2, -0.15) is 0 Å². The van der Waals surface area contributed by atoms with Gasteiger partial charge in [-0.15, -0.1) is 5.10 Å². The highest BCUT2D eigenvalue weighted by molar-refractivity contribution is 5.93. The van der Waals surface area contributed by atoms with Crippen molar-refractivity contribution in [1.82, 2.24) is 15.0 Å². The molecule has 4 aliphatic heterocycles. The maximum absolute atomic E-state index is 14.9. The third kappa shape index (κ3) is 2.24. The molecule has 3 fully saturated rings. The molecule has 0 bridgehead atoms. The summed E-state index contributed by atoms with van der Waals surface area (Å²) in [5.41, 5.74) is 1.09. The second-order valence-corrected chi connectivity index (χ2v) is 7.92. The van der Waals surface area contributed by atoms with Crippen LogP contribution >= 0.6 is 0 Å². The summed E-state index contributed by atoms with van der Waals surface area (Å²) >= 11 is 0. The van der Waals surface area contributed by atoms with Crippen LogP contribution in [0.25, 0.3) is 0 Å². The molecule has 2 aromatic rings. The summed E-state index contributed by atoms with van der Waals surface area (Å²) in [5.74, 6) is 0.127. The minimum absolute atomic E-state index is 0.182. The molecule has 2 atom stereocenters. The summed E-state index contributed by atoms with van der Waals surface area (Å²) in [6, 6.07) is 2.72. The number of carbonyl (C=O) groups excluding carboxylic acids is 1. The normalized spacial score (nSPS) is 26.8. The number of cyclic esters (lactones) is 1. The Hall–Kier alpha value is -2.88. The van der Waals surface area contributed by atoms with E-state index < -0.39 is 12.2 Å². The highest BCUT2D eigenvalue weighted by atomic mass is 19.1. The van der Waals surface area contributed by atoms with Crippen molar-refractivity contribution in [1.29, 1.82) is 0 Å². The van der Waals surface area contributed by atoms with Gasteiger partial charge in [-0.3, -0.25) is 4.90 Å². The van der Waals surface area contributed by atoms with Gasteiger partial charge in [0.05, 0.1) is 42.7 Å². The van der Waals surface area contributed by atoms with Crippen molar-refractivity contribution in [2.45, 2.75) is 18.7 Å². The van der Waals surface area contributed by atoms with Crippen LogP contribution in [0, 0.1) is 11.2 Å². The van der Waals surface area contributed by atoms with Crippen molar-refractivity contribution in [2.24, 2.45) is 5.41 Å². The molecule has 28 heavy (non-hydrogen) atoms. The fourth-order valence-corrected chi connectivity index (χ4v) is 4.46. The van der Waals surface area contributed by atoms with Crippen LogP contribution in [0.4, 0.5) is 20.6 Å². The van der Waals surface area contributed by atoms with E-state index in [1.807, 2.05) is 4.90 Å². The Balaban J connectivity index is 1.27. The lowest BCUT2D eigenvalue weighted by Crippen LogP contribution is -2.66. The Morgan fingerprint density at radius 2 is 2.11 bits per heavy atom. The Kier molecular flexibility index (Phi) is 3.20. The summed E-state index contributed by atoms with van der Waals surface area (Å²) in [6.07, 6.45) is 2.32. The number of rotatable bonds is 3. The molecule has 0 saturated carbocycles. The monoisotopic (exact) mass is 387 g/mol. The maximum atomic E-state index is 14.9. The van der Waals surface area contributed by atoms with Gasteiger partial charge in [-0.1, -0.05) is 5.21 Å². The first kappa shape index (κ1) is 16.1. The van der Waals surface area contributed by atoms with E-state index >= 15 is 0 Å². The lowest BCUT2D eigenvalue weighted by atomic mass is 9.77. The van der Waals surface area contributed by atoms with Crippen LogP contribution in [0.5, 0.6) is 5.75 Å². The second kappa shape index (κ2) is 5.57. The molecule has 6 rings (SSSR count). The van der Waals surface area contributed by atoms with Gasteiger partial charge in [0.15, 0.2) is 0 Å². The summed E-state index contributed by atoms with van der Waals surface area (Å²) < 4.78 is 33.2. The first-order valence-electron chi connectivity index (χ1n) is 9.25. The number of hydrogen-bond acceptors (Lipinski definition) is 7. The fourth-order valence-electron chi connectivity index (χ4n) is 4.46. The van der Waals surface area contributed by atoms with E-state index in [0.29, 0.717) is 23.7 Å². The molecule has 0 N–H and O–H groups in total. The molecule has 1 aromatic carbocycles. The minimum atomic E-state index is -0.499. The first-order valence-corrected chi connectivity index (χ1v) is 9.25. The van der Waals surface area contributed by atoms with Crippen LogP contribution in [0.2, 0.25) is 0 Å². The Morgan fingerprint density at radius 3 is 2.82 bits per heavy atom. The molecular formula is C18H18FN5O4. The van der Waals surface area contributed by atoms with Crippen LogP contribution in [0.15, 0.2) is 24.5 Å². The standard InChI is InChI=1S/C18H18FN5O4/c19-11-3-13-15(4-12(11)22-7-18(8-22)9-26-10-18)27-6-14-16(28-17(25)24(13)14)5-23-2-1-20-21-23/h1-4,14,16H,5-10H2/t14-,16-/m0/s1. The number of hydrogen-bond donors (Lipinski definition) is 0. The molecular weight excluding hydrogens is 369 g/mol. The lowest BCUT2D eigenvalue weighted by molar-refractivity contribution is -0.127. The van der Waals surface area contributed by atoms with Crippen molar-refractivity contribution in [3.05, 3.63) is 30.3 Å². The number of ether oxygens (including phenoxy) is 3. The average Bonchev–Trinajstić information content (AvgIpc) is 3.21. The van der Waals surface area contributed by atoms with Gasteiger partial charge in [0, 0.05) is 31.4 Å². The van der Waals surface area contributed by atoms with E-state index in [4.69, 9.17) is 14.2 Å². The van der Waals surface area contributed by atoms with E-state index in [2.05, 4.69) is 10.3 Å². The zero-order valence-electron chi connectivity index (χ0n) is 15.0. The summed E-state index contributed by atoms with van der Waals surface area (Å²) in [6.45, 7) is 3.67. The zero-order chi connectivity index (χ0) is 18.9. The molecule has 1 amide bonds. The largest absolute Gasteiger partial charge is 0.489 e. The highest BCUT2D eigenvalue weighted by Gasteiger charge is 2.51. The summed E-state index contributed by atoms with van der Waals surface area (Å²) in [5, 5.41) is 7.67. The number of amides is 1. The number of fused-ring (bicyclic) bond motifs is 3. The Labute approximate surface area is 159 Å². The Morgan fingerprint density at radius 1 is 1.25 bits per heavy atom. The van der Waals surface area contributed by atoms with Crippen LogP contribution in [0.3, 0.4) is 0 Å². The maximum Gasteiger partial charge on any atom is 0.415 e. The van der Waals surface area contributed by atoms with Crippen molar-refractivity contribution < 1.29 is 23.4 Å². The third-order valence-corrected chi connectivity index (χ3v) is 5.96. The predicted octanol–water partition coefficient (Wildman–Crippen LogP) is 1.04. The van der Waals surface area contributed by atoms with Crippen molar-refractivity contribution >= 4 is 17.5 Å². The van der Waals surface area contributed by atoms with Crippen LogP contribution < -0.4 is 14.5 Å². The fraction of sp³-hybridized carbons (Fsp3) is 0.500. The van der Waals surface area contributed by atoms with E-state index in [-0.39, 0.29) is 23.9 Å². The molecule has 10 heteroatoms. The topological polar surface area (TPSA) is 82.0 Å². The van der Waals surface area contributed by atoms with Gasteiger partial charge in [-0.25, -0.2) is 13.9 Å². The highest BCUT2D eigenvalue weighted by Crippen LogP contribution is 2.46. The number of benzene rings is 1. The molecule has 146 valence electrons. The number of aromatic nitrogens is 3. The van der Waals surface area contributed by atoms with E-state index in [1.54, 1.807) is 23.1 Å². The van der Waals surface area contributed by atoms with Gasteiger partial charge < -0.3 is 19.1 Å². The number of carbonyl (C=O) groups is 1. The first-order chi connectivity index (χ1) is 13.6.